The Morgan fingerprint density at radius 1 is 1.21 bits per heavy atom. The van der Waals surface area contributed by atoms with Gasteiger partial charge in [-0.05, 0) is 44.2 Å². The highest BCUT2D eigenvalue weighted by atomic mass is 19.4. The third kappa shape index (κ3) is 3.35. The summed E-state index contributed by atoms with van der Waals surface area (Å²) in [6.07, 6.45) is -1.61. The topological polar surface area (TPSA) is 65.7 Å². The summed E-state index contributed by atoms with van der Waals surface area (Å²) < 4.78 is 53.8. The summed E-state index contributed by atoms with van der Waals surface area (Å²) in [6, 6.07) is 7.95. The van der Waals surface area contributed by atoms with Gasteiger partial charge in [-0.15, -0.1) is 0 Å². The van der Waals surface area contributed by atoms with Gasteiger partial charge in [-0.3, -0.25) is 4.79 Å². The first-order valence-corrected chi connectivity index (χ1v) is 8.70. The summed E-state index contributed by atoms with van der Waals surface area (Å²) in [7, 11) is 0. The summed E-state index contributed by atoms with van der Waals surface area (Å²) in [6.45, 7) is 2.85. The molecule has 3 aromatic rings. The number of hydrogen-bond donors (Lipinski definition) is 0. The number of rotatable bonds is 2. The molecular formula is C21H15F3O5. The molecule has 0 fully saturated rings. The van der Waals surface area contributed by atoms with Gasteiger partial charge in [0.25, 0.3) is 0 Å². The van der Waals surface area contributed by atoms with Crippen LogP contribution in [0.5, 0.6) is 5.75 Å². The number of benzene rings is 2. The monoisotopic (exact) mass is 404 g/mol. The van der Waals surface area contributed by atoms with E-state index in [1.54, 1.807) is 50.3 Å². The Morgan fingerprint density at radius 3 is 2.66 bits per heavy atom. The first kappa shape index (κ1) is 19.0. The third-order valence-corrected chi connectivity index (χ3v) is 4.55. The molecule has 0 radical (unpaired) electrons. The lowest BCUT2D eigenvalue weighted by molar-refractivity contribution is -0.201. The number of hydrogen-bond acceptors (Lipinski definition) is 5. The molecule has 0 N–H and O–H groups in total. The minimum atomic E-state index is -5.14. The highest BCUT2D eigenvalue weighted by Gasteiger charge is 2.41. The van der Waals surface area contributed by atoms with Crippen LogP contribution in [0.3, 0.4) is 0 Å². The Bertz CT molecular complexity index is 1240. The maximum Gasteiger partial charge on any atom is 0.490 e. The smallest absolute Gasteiger partial charge is 0.483 e. The van der Waals surface area contributed by atoms with E-state index >= 15 is 0 Å². The van der Waals surface area contributed by atoms with Gasteiger partial charge in [0.1, 0.15) is 29.1 Å². The molecule has 29 heavy (non-hydrogen) atoms. The summed E-state index contributed by atoms with van der Waals surface area (Å²) >= 11 is 0. The van der Waals surface area contributed by atoms with Crippen molar-refractivity contribution < 1.29 is 31.9 Å². The molecule has 0 saturated heterocycles. The molecule has 5 nitrogen and oxygen atoms in total. The van der Waals surface area contributed by atoms with Crippen molar-refractivity contribution in [3.05, 3.63) is 57.8 Å². The number of esters is 1. The molecule has 1 aliphatic heterocycles. The maximum atomic E-state index is 13.1. The first-order valence-electron chi connectivity index (χ1n) is 8.70. The van der Waals surface area contributed by atoms with E-state index in [2.05, 4.69) is 4.74 Å². The van der Waals surface area contributed by atoms with Gasteiger partial charge in [0.15, 0.2) is 0 Å². The lowest BCUT2D eigenvalue weighted by atomic mass is 9.97. The van der Waals surface area contributed by atoms with Gasteiger partial charge >= 0.3 is 12.1 Å². The fourth-order valence-electron chi connectivity index (χ4n) is 3.23. The average Bonchev–Trinajstić information content (AvgIpc) is 2.64. The van der Waals surface area contributed by atoms with Crippen molar-refractivity contribution in [2.75, 3.05) is 0 Å². The summed E-state index contributed by atoms with van der Waals surface area (Å²) in [5, 5.41) is 0.315. The van der Waals surface area contributed by atoms with Gasteiger partial charge in [-0.2, -0.15) is 13.2 Å². The standard InChI is InChI=1S/C21H15F3O5/c1-20(2)8-7-13-15(29-20)9-11(10-27-19(26)21(22,23)24)16-17(25)12-5-3-4-6-14(12)28-18(13)16/h3-9H,10H2,1-2H3. The van der Waals surface area contributed by atoms with Gasteiger partial charge in [0.2, 0.25) is 5.43 Å². The Balaban J connectivity index is 1.97. The van der Waals surface area contributed by atoms with Crippen LogP contribution in [0.1, 0.15) is 25.0 Å². The molecule has 0 saturated carbocycles. The molecule has 2 heterocycles. The van der Waals surface area contributed by atoms with E-state index in [-0.39, 0.29) is 21.9 Å². The Morgan fingerprint density at radius 2 is 1.93 bits per heavy atom. The minimum Gasteiger partial charge on any atom is -0.483 e. The quantitative estimate of drug-likeness (QED) is 0.456. The van der Waals surface area contributed by atoms with E-state index in [0.717, 1.165) is 0 Å². The maximum absolute atomic E-state index is 13.1. The second-order valence-electron chi connectivity index (χ2n) is 7.19. The van der Waals surface area contributed by atoms with Crippen molar-refractivity contribution in [2.45, 2.75) is 32.2 Å². The number of halogens is 3. The molecular weight excluding hydrogens is 389 g/mol. The van der Waals surface area contributed by atoms with E-state index < -0.39 is 29.8 Å². The fourth-order valence-corrected chi connectivity index (χ4v) is 3.23. The van der Waals surface area contributed by atoms with Crippen LogP contribution in [0.2, 0.25) is 0 Å². The highest BCUT2D eigenvalue weighted by Crippen LogP contribution is 2.38. The largest absolute Gasteiger partial charge is 0.490 e. The molecule has 150 valence electrons. The van der Waals surface area contributed by atoms with E-state index in [0.29, 0.717) is 16.9 Å². The van der Waals surface area contributed by atoms with Gasteiger partial charge in [-0.25, -0.2) is 4.79 Å². The predicted octanol–water partition coefficient (Wildman–Crippen LogP) is 4.74. The lowest BCUT2D eigenvalue weighted by Crippen LogP contribution is -2.28. The van der Waals surface area contributed by atoms with Gasteiger partial charge in [0.05, 0.1) is 16.3 Å². The highest BCUT2D eigenvalue weighted by molar-refractivity contribution is 5.97. The Kier molecular flexibility index (Phi) is 4.18. The van der Waals surface area contributed by atoms with Gasteiger partial charge in [-0.1, -0.05) is 12.1 Å². The van der Waals surface area contributed by atoms with Crippen LogP contribution in [0.15, 0.2) is 45.6 Å². The van der Waals surface area contributed by atoms with Crippen LogP contribution in [0, 0.1) is 0 Å². The van der Waals surface area contributed by atoms with E-state index in [9.17, 15) is 22.8 Å². The summed E-state index contributed by atoms with van der Waals surface area (Å²) in [5.74, 6) is -2.02. The average molecular weight is 404 g/mol. The molecule has 0 unspecified atom stereocenters. The van der Waals surface area contributed by atoms with E-state index in [1.807, 2.05) is 0 Å². The van der Waals surface area contributed by atoms with Crippen molar-refractivity contribution in [1.82, 2.24) is 0 Å². The second-order valence-corrected chi connectivity index (χ2v) is 7.19. The number of alkyl halides is 3. The molecule has 1 aromatic heterocycles. The minimum absolute atomic E-state index is 0.0466. The fraction of sp³-hybridized carbons (Fsp3) is 0.238. The normalized spacial score (nSPS) is 15.2. The SMILES string of the molecule is CC1(C)C=Cc2c(cc(COC(=O)C(F)(F)F)c3c(=O)c4ccccc4oc23)O1. The molecule has 8 heteroatoms. The third-order valence-electron chi connectivity index (χ3n) is 4.55. The number of carbonyl (C=O) groups excluding carboxylic acids is 1. The van der Waals surface area contributed by atoms with Crippen molar-refractivity contribution in [3.63, 3.8) is 0 Å². The molecule has 2 aromatic carbocycles. The van der Waals surface area contributed by atoms with Gasteiger partial charge < -0.3 is 13.9 Å². The van der Waals surface area contributed by atoms with Crippen LogP contribution in [-0.4, -0.2) is 17.7 Å². The van der Waals surface area contributed by atoms with Crippen molar-refractivity contribution >= 4 is 34.0 Å². The molecule has 0 bridgehead atoms. The lowest BCUT2D eigenvalue weighted by Gasteiger charge is -2.28. The van der Waals surface area contributed by atoms with Crippen LogP contribution in [0.4, 0.5) is 13.2 Å². The van der Waals surface area contributed by atoms with Crippen molar-refractivity contribution in [1.29, 1.82) is 0 Å². The van der Waals surface area contributed by atoms with Crippen LogP contribution in [0.25, 0.3) is 28.0 Å². The molecule has 0 spiro atoms. The Labute approximate surface area is 162 Å². The van der Waals surface area contributed by atoms with E-state index in [1.165, 1.54) is 6.07 Å². The summed E-state index contributed by atoms with van der Waals surface area (Å²) in [4.78, 5) is 24.2. The zero-order valence-electron chi connectivity index (χ0n) is 15.4. The number of carbonyl (C=O) groups is 1. The predicted molar refractivity (Wildman–Crippen MR) is 99.6 cm³/mol. The van der Waals surface area contributed by atoms with Crippen molar-refractivity contribution in [2.24, 2.45) is 0 Å². The zero-order valence-corrected chi connectivity index (χ0v) is 15.4. The Hall–Kier alpha value is -3.29. The number of para-hydroxylation sites is 1. The molecule has 0 amide bonds. The summed E-state index contributed by atoms with van der Waals surface area (Å²) in [5.41, 5.74) is -0.0422. The van der Waals surface area contributed by atoms with E-state index in [4.69, 9.17) is 9.15 Å². The number of fused-ring (bicyclic) bond motifs is 4. The van der Waals surface area contributed by atoms with Crippen LogP contribution < -0.4 is 10.2 Å². The second kappa shape index (κ2) is 6.37. The van der Waals surface area contributed by atoms with Crippen LogP contribution in [-0.2, 0) is 16.1 Å². The number of ether oxygens (including phenoxy) is 2. The van der Waals surface area contributed by atoms with Crippen molar-refractivity contribution in [3.8, 4) is 5.75 Å². The molecule has 0 atom stereocenters. The zero-order chi connectivity index (χ0) is 21.0. The van der Waals surface area contributed by atoms with Crippen LogP contribution >= 0.6 is 0 Å². The molecule has 1 aliphatic rings. The molecule has 0 aliphatic carbocycles. The first-order chi connectivity index (χ1) is 13.6. The van der Waals surface area contributed by atoms with Gasteiger partial charge in [0, 0.05) is 5.56 Å². The molecule has 4 rings (SSSR count).